The van der Waals surface area contributed by atoms with E-state index in [4.69, 9.17) is 16.5 Å². The maximum Gasteiger partial charge on any atom is 0.416 e. The van der Waals surface area contributed by atoms with Gasteiger partial charge in [-0.2, -0.15) is 13.2 Å². The second kappa shape index (κ2) is 13.0. The van der Waals surface area contributed by atoms with E-state index in [9.17, 15) is 27.6 Å². The number of fused-ring (bicyclic) bond motifs is 2. The predicted octanol–water partition coefficient (Wildman–Crippen LogP) is 5.99. The van der Waals surface area contributed by atoms with Crippen LogP contribution in [0.1, 0.15) is 41.6 Å². The minimum absolute atomic E-state index is 0.0590. The van der Waals surface area contributed by atoms with Crippen molar-refractivity contribution in [2.24, 2.45) is 0 Å². The summed E-state index contributed by atoms with van der Waals surface area (Å²) >= 11 is 5.28. The number of rotatable bonds is 9. The first-order chi connectivity index (χ1) is 19.5. The number of hydrogen-bond acceptors (Lipinski definition) is 6. The molecular formula is C28H30F3N4O4PS. The van der Waals surface area contributed by atoms with E-state index < -0.39 is 17.6 Å². The lowest BCUT2D eigenvalue weighted by Crippen LogP contribution is -2.52. The van der Waals surface area contributed by atoms with Crippen LogP contribution in [0, 0.1) is 0 Å². The largest absolute Gasteiger partial charge is 0.445 e. The van der Waals surface area contributed by atoms with Crippen LogP contribution in [0.2, 0.25) is 0 Å². The van der Waals surface area contributed by atoms with E-state index in [1.807, 2.05) is 0 Å². The summed E-state index contributed by atoms with van der Waals surface area (Å²) in [5.41, 5.74) is -0.136. The van der Waals surface area contributed by atoms with Gasteiger partial charge in [0.1, 0.15) is 13.2 Å². The second-order valence-electron chi connectivity index (χ2n) is 10.0. The highest BCUT2D eigenvalue weighted by molar-refractivity contribution is 7.95. The first kappa shape index (κ1) is 30.5. The van der Waals surface area contributed by atoms with E-state index in [1.165, 1.54) is 30.2 Å². The van der Waals surface area contributed by atoms with Crippen molar-refractivity contribution >= 4 is 48.6 Å². The van der Waals surface area contributed by atoms with E-state index in [0.29, 0.717) is 26.0 Å². The number of piperidine rings is 1. The minimum atomic E-state index is -4.51. The van der Waals surface area contributed by atoms with Gasteiger partial charge in [-0.3, -0.25) is 14.3 Å². The van der Waals surface area contributed by atoms with Gasteiger partial charge in [-0.25, -0.2) is 4.79 Å². The van der Waals surface area contributed by atoms with Crippen LogP contribution in [0.15, 0.2) is 61.2 Å². The zero-order valence-corrected chi connectivity index (χ0v) is 24.1. The molecule has 3 amide bonds. The smallest absolute Gasteiger partial charge is 0.416 e. The highest BCUT2D eigenvalue weighted by Gasteiger charge is 2.46. The molecule has 1 N–H and O–H groups in total. The Labute approximate surface area is 243 Å². The minimum Gasteiger partial charge on any atom is -0.445 e. The normalized spacial score (nSPS) is 19.9. The Balaban J connectivity index is 1.42. The van der Waals surface area contributed by atoms with Crippen molar-refractivity contribution in [1.82, 2.24) is 14.5 Å². The molecule has 8 nitrogen and oxygen atoms in total. The lowest BCUT2D eigenvalue weighted by molar-refractivity contribution is -0.137. The summed E-state index contributed by atoms with van der Waals surface area (Å²) < 4.78 is 46.3. The summed E-state index contributed by atoms with van der Waals surface area (Å²) in [6.45, 7) is 3.46. The number of benzene rings is 2. The summed E-state index contributed by atoms with van der Waals surface area (Å²) in [6.07, 6.45) is -0.613. The topological polar surface area (TPSA) is 82.2 Å². The highest BCUT2D eigenvalue weighted by Crippen LogP contribution is 2.39. The number of carbonyl (C=O) groups is 3. The molecule has 2 aromatic rings. The third kappa shape index (κ3) is 7.05. The third-order valence-corrected chi connectivity index (χ3v) is 8.53. The third-order valence-electron chi connectivity index (χ3n) is 7.28. The second-order valence-corrected chi connectivity index (χ2v) is 11.1. The maximum atomic E-state index is 13.4. The Hall–Kier alpha value is -3.50. The average molecular weight is 607 g/mol. The van der Waals surface area contributed by atoms with Crippen molar-refractivity contribution in [3.63, 3.8) is 0 Å². The van der Waals surface area contributed by atoms with Gasteiger partial charge in [0.25, 0.3) is 5.91 Å². The molecule has 0 aromatic heterocycles. The van der Waals surface area contributed by atoms with E-state index >= 15 is 0 Å². The number of amides is 3. The molecular weight excluding hydrogens is 576 g/mol. The molecule has 2 fully saturated rings. The molecule has 4 rings (SSSR count). The van der Waals surface area contributed by atoms with Gasteiger partial charge < -0.3 is 19.9 Å². The van der Waals surface area contributed by atoms with Crippen LogP contribution in [0.25, 0.3) is 0 Å². The van der Waals surface area contributed by atoms with E-state index in [2.05, 4.69) is 11.9 Å². The van der Waals surface area contributed by atoms with Gasteiger partial charge in [-0.05, 0) is 67.8 Å². The van der Waals surface area contributed by atoms with Gasteiger partial charge in [-0.1, -0.05) is 30.9 Å². The van der Waals surface area contributed by atoms with Gasteiger partial charge in [-0.15, -0.1) is 0 Å². The molecule has 2 aliphatic rings. The molecule has 0 aliphatic carbocycles. The maximum absolute atomic E-state index is 13.4. The number of ether oxygens (including phenoxy) is 1. The van der Waals surface area contributed by atoms with Gasteiger partial charge in [0.15, 0.2) is 0 Å². The Morgan fingerprint density at radius 1 is 1.15 bits per heavy atom. The van der Waals surface area contributed by atoms with Crippen LogP contribution >= 0.6 is 7.51 Å². The summed E-state index contributed by atoms with van der Waals surface area (Å²) in [5, 5.41) is 2.89. The lowest BCUT2D eigenvalue weighted by Gasteiger charge is -2.41. The van der Waals surface area contributed by atoms with E-state index in [-0.39, 0.29) is 54.5 Å². The van der Waals surface area contributed by atoms with E-state index in [1.54, 1.807) is 33.8 Å². The van der Waals surface area contributed by atoms with Crippen LogP contribution in [-0.4, -0.2) is 70.7 Å². The number of halogens is 3. The zero-order chi connectivity index (χ0) is 29.7. The predicted molar refractivity (Wildman–Crippen MR) is 152 cm³/mol. The average Bonchev–Trinajstić information content (AvgIpc) is 3.21. The van der Waals surface area contributed by atoms with Crippen LogP contribution in [0.5, 0.6) is 0 Å². The molecule has 2 bridgehead atoms. The molecule has 0 spiro atoms. The summed E-state index contributed by atoms with van der Waals surface area (Å²) in [4.78, 5) is 42.2. The highest BCUT2D eigenvalue weighted by atomic mass is 32.4. The number of nitrogens with zero attached hydrogens (tertiary/aromatic N) is 3. The lowest BCUT2D eigenvalue weighted by atomic mass is 9.97. The van der Waals surface area contributed by atoms with Gasteiger partial charge in [0.2, 0.25) is 5.91 Å². The van der Waals surface area contributed by atoms with Crippen LogP contribution < -0.4 is 5.32 Å². The quantitative estimate of drug-likeness (QED) is 0.279. The Bertz CT molecular complexity index is 1310. The number of alkyl halides is 3. The zero-order valence-electron chi connectivity index (χ0n) is 22.3. The van der Waals surface area contributed by atoms with Crippen LogP contribution in [0.4, 0.5) is 29.3 Å². The monoisotopic (exact) mass is 606 g/mol. The fourth-order valence-electron chi connectivity index (χ4n) is 5.43. The van der Waals surface area contributed by atoms with Crippen molar-refractivity contribution in [3.05, 3.63) is 72.3 Å². The number of hydrogen-bond donors (Lipinski definition) is 1. The molecule has 0 unspecified atom stereocenters. The molecule has 2 saturated heterocycles. The molecule has 218 valence electrons. The summed E-state index contributed by atoms with van der Waals surface area (Å²) in [7, 11) is 1.81. The number of likely N-dealkylation sites (N-methyl/N-ethyl adjacent to an activating group) is 1. The van der Waals surface area contributed by atoms with E-state index in [0.717, 1.165) is 25.0 Å². The first-order valence-corrected chi connectivity index (χ1v) is 14.9. The number of nitrogens with one attached hydrogen (secondary N) is 1. The fourth-order valence-corrected chi connectivity index (χ4v) is 6.58. The number of para-hydroxylation sites is 1. The molecule has 2 aromatic carbocycles. The van der Waals surface area contributed by atoms with Gasteiger partial charge in [0, 0.05) is 30.9 Å². The van der Waals surface area contributed by atoms with Crippen molar-refractivity contribution < 1.29 is 32.3 Å². The first-order valence-electron chi connectivity index (χ1n) is 13.0. The van der Waals surface area contributed by atoms with Crippen LogP contribution in [0.3, 0.4) is 0 Å². The van der Waals surface area contributed by atoms with Crippen LogP contribution in [-0.2, 0) is 27.5 Å². The summed E-state index contributed by atoms with van der Waals surface area (Å²) in [5.74, 6) is -0.804. The molecule has 13 heteroatoms. The Morgan fingerprint density at radius 2 is 1.83 bits per heavy atom. The number of anilines is 2. The molecule has 0 saturated carbocycles. The van der Waals surface area contributed by atoms with Crippen molar-refractivity contribution in [3.8, 4) is 0 Å². The summed E-state index contributed by atoms with van der Waals surface area (Å²) in [6, 6.07) is 10.8. The van der Waals surface area contributed by atoms with Gasteiger partial charge >= 0.3 is 12.3 Å². The standard InChI is InChI=1S/C28H30F3N4O4PS/c1-3-13-39-27(38)34-20-11-12-21(34)16-22(15-20)35(40-41)25(36)17-33(2)26(37)23-9-4-5-10-24(23)32-19-8-6-7-18(14-19)28(29,30)31/h3-10,14,20-22,32H,1,11-13,15-17H2,2H3/t20-,21+,22+. The molecule has 2 aliphatic heterocycles. The molecule has 0 radical (unpaired) electrons. The molecule has 2 heterocycles. The molecule has 3 atom stereocenters. The Morgan fingerprint density at radius 3 is 2.46 bits per heavy atom. The van der Waals surface area contributed by atoms with Crippen molar-refractivity contribution in [2.75, 3.05) is 25.5 Å². The SMILES string of the molecule is C=CCOC(=O)N1[C@@H]2CC[C@H]1C[C@@H](N(P=S)C(=O)CN(C)C(=O)c1ccccc1Nc1cccc(C(F)(F)F)c1)C2. The molecule has 41 heavy (non-hydrogen) atoms. The fraction of sp³-hybridized carbons (Fsp3) is 0.393. The number of carbonyl (C=O) groups excluding carboxylic acids is 3. The Kier molecular flexibility index (Phi) is 9.65. The van der Waals surface area contributed by atoms with Gasteiger partial charge in [0.05, 0.1) is 24.3 Å². The van der Waals surface area contributed by atoms with Crippen molar-refractivity contribution in [2.45, 2.75) is 50.0 Å². The van der Waals surface area contributed by atoms with Crippen molar-refractivity contribution in [1.29, 1.82) is 0 Å².